The van der Waals surface area contributed by atoms with Gasteiger partial charge in [0.15, 0.2) is 0 Å². The van der Waals surface area contributed by atoms with E-state index in [0.717, 1.165) is 6.42 Å². The molecular weight excluding hydrogens is 220 g/mol. The van der Waals surface area contributed by atoms with Gasteiger partial charge in [0.2, 0.25) is 11.9 Å². The minimum absolute atomic E-state index is 0.184. The minimum atomic E-state index is -0.670. The van der Waals surface area contributed by atoms with Crippen LogP contribution in [0.1, 0.15) is 32.0 Å². The molecule has 1 amide bonds. The summed E-state index contributed by atoms with van der Waals surface area (Å²) in [5.41, 5.74) is 0. The van der Waals surface area contributed by atoms with Crippen LogP contribution >= 0.6 is 0 Å². The molecule has 92 valence electrons. The molecule has 2 heterocycles. The van der Waals surface area contributed by atoms with Gasteiger partial charge >= 0.3 is 0 Å². The monoisotopic (exact) mass is 236 g/mol. The normalized spacial score (nSPS) is 20.0. The van der Waals surface area contributed by atoms with Crippen molar-refractivity contribution < 1.29 is 9.59 Å². The fraction of sp³-hybridized carbons (Fsp3) is 0.636. The molecule has 6 heteroatoms. The van der Waals surface area contributed by atoms with Gasteiger partial charge in [-0.3, -0.25) is 14.5 Å². The Labute approximate surface area is 99.6 Å². The molecule has 1 aliphatic heterocycles. The standard InChI is InChI=1S/C11H16N4O2/c1-7(2)4-5-14-9(16)8(3)10(17)15-11(14)12-6-13-15/h6-8H,4-5H2,1-3H3. The van der Waals surface area contributed by atoms with Crippen LogP contribution < -0.4 is 4.90 Å². The topological polar surface area (TPSA) is 68.1 Å². The van der Waals surface area contributed by atoms with E-state index >= 15 is 0 Å². The lowest BCUT2D eigenvalue weighted by Gasteiger charge is -2.29. The Hall–Kier alpha value is -1.72. The third kappa shape index (κ3) is 1.94. The lowest BCUT2D eigenvalue weighted by molar-refractivity contribution is -0.121. The molecule has 0 aliphatic carbocycles. The molecule has 0 saturated carbocycles. The minimum Gasteiger partial charge on any atom is -0.280 e. The molecule has 1 unspecified atom stereocenters. The molecule has 0 N–H and O–H groups in total. The van der Waals surface area contributed by atoms with E-state index in [1.807, 2.05) is 0 Å². The van der Waals surface area contributed by atoms with Crippen LogP contribution in [0.25, 0.3) is 0 Å². The lowest BCUT2D eigenvalue weighted by atomic mass is 10.1. The van der Waals surface area contributed by atoms with Gasteiger partial charge in [-0.05, 0) is 19.3 Å². The van der Waals surface area contributed by atoms with E-state index in [9.17, 15) is 9.59 Å². The highest BCUT2D eigenvalue weighted by molar-refractivity contribution is 6.11. The van der Waals surface area contributed by atoms with Crippen molar-refractivity contribution >= 4 is 17.8 Å². The highest BCUT2D eigenvalue weighted by atomic mass is 16.2. The van der Waals surface area contributed by atoms with E-state index in [0.29, 0.717) is 18.4 Å². The van der Waals surface area contributed by atoms with Crippen molar-refractivity contribution in [3.8, 4) is 0 Å². The molecule has 0 fully saturated rings. The van der Waals surface area contributed by atoms with Crippen LogP contribution in [0.2, 0.25) is 0 Å². The molecule has 0 spiro atoms. The van der Waals surface area contributed by atoms with Gasteiger partial charge in [-0.2, -0.15) is 14.8 Å². The van der Waals surface area contributed by atoms with Crippen molar-refractivity contribution in [1.29, 1.82) is 0 Å². The molecule has 0 saturated heterocycles. The number of nitrogens with zero attached hydrogens (tertiary/aromatic N) is 4. The maximum atomic E-state index is 12.0. The Balaban J connectivity index is 2.30. The molecular formula is C11H16N4O2. The van der Waals surface area contributed by atoms with Crippen molar-refractivity contribution in [3.63, 3.8) is 0 Å². The van der Waals surface area contributed by atoms with Gasteiger partial charge in [0, 0.05) is 6.54 Å². The van der Waals surface area contributed by atoms with Gasteiger partial charge in [-0.15, -0.1) is 0 Å². The van der Waals surface area contributed by atoms with Crippen LogP contribution in [-0.2, 0) is 4.79 Å². The molecule has 6 nitrogen and oxygen atoms in total. The second kappa shape index (κ2) is 4.27. The third-order valence-corrected chi connectivity index (χ3v) is 2.92. The third-order valence-electron chi connectivity index (χ3n) is 2.92. The Morgan fingerprint density at radius 2 is 2.06 bits per heavy atom. The summed E-state index contributed by atoms with van der Waals surface area (Å²) in [4.78, 5) is 29.4. The summed E-state index contributed by atoms with van der Waals surface area (Å²) in [6, 6.07) is 0. The molecule has 0 aromatic carbocycles. The quantitative estimate of drug-likeness (QED) is 0.733. The maximum Gasteiger partial charge on any atom is 0.262 e. The largest absolute Gasteiger partial charge is 0.280 e. The number of carbonyl (C=O) groups is 2. The molecule has 0 radical (unpaired) electrons. The van der Waals surface area contributed by atoms with Crippen LogP contribution in [0, 0.1) is 11.8 Å². The SMILES string of the molecule is CC(C)CCN1C(=O)C(C)C(=O)n2ncnc21. The zero-order valence-corrected chi connectivity index (χ0v) is 10.3. The summed E-state index contributed by atoms with van der Waals surface area (Å²) in [5.74, 6) is -0.318. The second-order valence-electron chi connectivity index (χ2n) is 4.70. The predicted octanol–water partition coefficient (Wildman–Crippen LogP) is 0.947. The number of carbonyl (C=O) groups excluding carboxylic acids is 2. The Kier molecular flexibility index (Phi) is 2.95. The zero-order valence-electron chi connectivity index (χ0n) is 10.3. The fourth-order valence-electron chi connectivity index (χ4n) is 1.79. The molecule has 1 aromatic rings. The molecule has 0 bridgehead atoms. The average molecular weight is 236 g/mol. The summed E-state index contributed by atoms with van der Waals surface area (Å²) < 4.78 is 1.21. The van der Waals surface area contributed by atoms with Gasteiger partial charge in [-0.25, -0.2) is 0 Å². The van der Waals surface area contributed by atoms with E-state index in [4.69, 9.17) is 0 Å². The zero-order chi connectivity index (χ0) is 12.6. The molecule has 2 rings (SSSR count). The van der Waals surface area contributed by atoms with Crippen molar-refractivity contribution in [3.05, 3.63) is 6.33 Å². The molecule has 1 atom stereocenters. The molecule has 1 aliphatic rings. The van der Waals surface area contributed by atoms with E-state index in [1.54, 1.807) is 11.8 Å². The van der Waals surface area contributed by atoms with Crippen molar-refractivity contribution in [2.45, 2.75) is 27.2 Å². The lowest BCUT2D eigenvalue weighted by Crippen LogP contribution is -2.47. The number of anilines is 1. The number of hydrogen-bond acceptors (Lipinski definition) is 4. The van der Waals surface area contributed by atoms with Crippen LogP contribution in [0.3, 0.4) is 0 Å². The van der Waals surface area contributed by atoms with Crippen LogP contribution in [0.15, 0.2) is 6.33 Å². The number of fused-ring (bicyclic) bond motifs is 1. The summed E-state index contributed by atoms with van der Waals surface area (Å²) in [6.45, 7) is 6.37. The van der Waals surface area contributed by atoms with Crippen LogP contribution in [0.5, 0.6) is 0 Å². The van der Waals surface area contributed by atoms with Gasteiger partial charge in [0.05, 0.1) is 0 Å². The van der Waals surface area contributed by atoms with Gasteiger partial charge < -0.3 is 0 Å². The Morgan fingerprint density at radius 1 is 1.35 bits per heavy atom. The van der Waals surface area contributed by atoms with Crippen molar-refractivity contribution in [1.82, 2.24) is 14.8 Å². The molecule has 17 heavy (non-hydrogen) atoms. The van der Waals surface area contributed by atoms with E-state index < -0.39 is 5.92 Å². The summed E-state index contributed by atoms with van der Waals surface area (Å²) >= 11 is 0. The van der Waals surface area contributed by atoms with Gasteiger partial charge in [0.25, 0.3) is 5.91 Å². The van der Waals surface area contributed by atoms with Crippen LogP contribution in [-0.4, -0.2) is 33.1 Å². The van der Waals surface area contributed by atoms with E-state index in [1.165, 1.54) is 11.0 Å². The Bertz CT molecular complexity index is 452. The first-order valence-electron chi connectivity index (χ1n) is 5.78. The smallest absolute Gasteiger partial charge is 0.262 e. The van der Waals surface area contributed by atoms with Gasteiger partial charge in [0.1, 0.15) is 12.2 Å². The fourth-order valence-corrected chi connectivity index (χ4v) is 1.79. The van der Waals surface area contributed by atoms with Crippen molar-refractivity contribution in [2.24, 2.45) is 11.8 Å². The summed E-state index contributed by atoms with van der Waals surface area (Å²) in [6.07, 6.45) is 2.18. The number of rotatable bonds is 3. The summed E-state index contributed by atoms with van der Waals surface area (Å²) in [7, 11) is 0. The number of aromatic nitrogens is 3. The summed E-state index contributed by atoms with van der Waals surface area (Å²) in [5, 5.41) is 3.86. The molecule has 1 aromatic heterocycles. The number of amides is 1. The highest BCUT2D eigenvalue weighted by Crippen LogP contribution is 2.22. The first-order chi connectivity index (χ1) is 8.02. The maximum absolute atomic E-state index is 12.0. The predicted molar refractivity (Wildman–Crippen MR) is 61.6 cm³/mol. The van der Waals surface area contributed by atoms with Crippen LogP contribution in [0.4, 0.5) is 5.95 Å². The first-order valence-corrected chi connectivity index (χ1v) is 5.78. The second-order valence-corrected chi connectivity index (χ2v) is 4.70. The van der Waals surface area contributed by atoms with Crippen molar-refractivity contribution in [2.75, 3.05) is 11.4 Å². The van der Waals surface area contributed by atoms with E-state index in [2.05, 4.69) is 23.9 Å². The first kappa shape index (κ1) is 11.8. The van der Waals surface area contributed by atoms with Gasteiger partial charge in [-0.1, -0.05) is 13.8 Å². The number of hydrogen-bond donors (Lipinski definition) is 0. The van der Waals surface area contributed by atoms with E-state index in [-0.39, 0.29) is 11.8 Å². The Morgan fingerprint density at radius 3 is 2.71 bits per heavy atom. The highest BCUT2D eigenvalue weighted by Gasteiger charge is 2.37. The average Bonchev–Trinajstić information content (AvgIpc) is 2.74.